The van der Waals surface area contributed by atoms with Crippen molar-refractivity contribution in [2.75, 3.05) is 36.1 Å². The molecule has 5 heterocycles. The molecule has 0 unspecified atom stereocenters. The molecule has 1 saturated heterocycles. The summed E-state index contributed by atoms with van der Waals surface area (Å²) in [6.07, 6.45) is 6.06. The first-order chi connectivity index (χ1) is 23.7. The van der Waals surface area contributed by atoms with Gasteiger partial charge in [0.2, 0.25) is 0 Å². The molecule has 13 heteroatoms. The fraction of sp³-hybridized carbons (Fsp3) is 0.541. The lowest BCUT2D eigenvalue weighted by molar-refractivity contribution is -0.134. The second-order valence-electron chi connectivity index (χ2n) is 15.1. The van der Waals surface area contributed by atoms with Crippen LogP contribution in [0.25, 0.3) is 0 Å². The number of nitrogens with one attached hydrogen (secondary N) is 3. The Bertz CT molecular complexity index is 1640. The largest absolute Gasteiger partial charge is 0.483 e. The second-order valence-corrected chi connectivity index (χ2v) is 15.1. The highest BCUT2D eigenvalue weighted by atomic mass is 16.5. The molecular formula is C37H49N7O6. The molecule has 50 heavy (non-hydrogen) atoms. The van der Waals surface area contributed by atoms with Gasteiger partial charge in [0.15, 0.2) is 11.7 Å². The minimum atomic E-state index is -0.833. The number of carboxylic acids is 1. The molecule has 0 radical (unpaired) electrons. The Morgan fingerprint density at radius 3 is 1.60 bits per heavy atom. The normalized spacial score (nSPS) is 23.2. The number of fused-ring (bicyclic) bond motifs is 6. The number of carbonyl (C=O) groups excluding carboxylic acids is 2. The molecule has 0 bridgehead atoms. The molecule has 13 nitrogen and oxygen atoms in total. The van der Waals surface area contributed by atoms with E-state index in [0.29, 0.717) is 24.0 Å². The van der Waals surface area contributed by atoms with Crippen LogP contribution >= 0.6 is 0 Å². The molecule has 0 aromatic heterocycles. The molecule has 6 aliphatic rings. The molecule has 8 rings (SSSR count). The lowest BCUT2D eigenvalue weighted by atomic mass is 9.66. The summed E-state index contributed by atoms with van der Waals surface area (Å²) in [6, 6.07) is 8.05. The molecule has 2 amide bonds. The van der Waals surface area contributed by atoms with Crippen LogP contribution in [-0.2, 0) is 27.2 Å². The highest BCUT2D eigenvalue weighted by Crippen LogP contribution is 2.45. The Hall–Kier alpha value is -4.65. The highest BCUT2D eigenvalue weighted by molar-refractivity contribution is 6.10. The first-order valence-electron chi connectivity index (χ1n) is 17.4. The van der Waals surface area contributed by atoms with Crippen LogP contribution in [0.2, 0.25) is 0 Å². The first-order valence-corrected chi connectivity index (χ1v) is 17.4. The number of aliphatic carboxylic acids is 1. The van der Waals surface area contributed by atoms with Crippen molar-refractivity contribution in [3.63, 3.8) is 0 Å². The van der Waals surface area contributed by atoms with Gasteiger partial charge in [0.1, 0.15) is 36.8 Å². The van der Waals surface area contributed by atoms with Gasteiger partial charge in [0.05, 0.1) is 11.4 Å². The molecule has 0 spiro atoms. The number of hydrogen-bond donors (Lipinski definition) is 4. The highest BCUT2D eigenvalue weighted by Gasteiger charge is 2.39. The number of nitrogens with zero attached hydrogens (tertiary/aromatic N) is 4. The fourth-order valence-electron chi connectivity index (χ4n) is 7.37. The third-order valence-electron chi connectivity index (χ3n) is 10.6. The topological polar surface area (TPSA) is 157 Å². The number of ether oxygens (including phenoxy) is 2. The van der Waals surface area contributed by atoms with Crippen molar-refractivity contribution in [2.24, 2.45) is 21.0 Å². The fourth-order valence-corrected chi connectivity index (χ4v) is 7.37. The number of benzene rings is 2. The molecule has 4 N–H and O–H groups in total. The van der Waals surface area contributed by atoms with Crippen molar-refractivity contribution in [3.8, 4) is 11.5 Å². The van der Waals surface area contributed by atoms with Crippen molar-refractivity contribution < 1.29 is 29.0 Å². The second kappa shape index (κ2) is 13.6. The molecule has 268 valence electrons. The number of carboxylic acid groups (broad SMARTS) is 1. The van der Waals surface area contributed by atoms with Gasteiger partial charge in [-0.25, -0.2) is 10.9 Å². The van der Waals surface area contributed by atoms with Gasteiger partial charge in [-0.15, -0.1) is 0 Å². The van der Waals surface area contributed by atoms with E-state index in [-0.39, 0.29) is 23.9 Å². The van der Waals surface area contributed by atoms with E-state index >= 15 is 0 Å². The number of amidine groups is 2. The van der Waals surface area contributed by atoms with Crippen LogP contribution in [0.5, 0.6) is 11.5 Å². The van der Waals surface area contributed by atoms with E-state index in [4.69, 9.17) is 19.4 Å². The van der Waals surface area contributed by atoms with Crippen LogP contribution in [0.4, 0.5) is 11.4 Å². The lowest BCUT2D eigenvalue weighted by Gasteiger charge is -2.41. The quantitative estimate of drug-likeness (QED) is 0.373. The van der Waals surface area contributed by atoms with Gasteiger partial charge in [-0.05, 0) is 111 Å². The average Bonchev–Trinajstić information content (AvgIpc) is 3.03. The van der Waals surface area contributed by atoms with Crippen molar-refractivity contribution in [1.82, 2.24) is 16.2 Å². The molecule has 2 aromatic carbocycles. The summed E-state index contributed by atoms with van der Waals surface area (Å²) in [4.78, 5) is 37.0. The Morgan fingerprint density at radius 2 is 1.24 bits per heavy atom. The van der Waals surface area contributed by atoms with E-state index in [1.807, 2.05) is 23.6 Å². The maximum absolute atomic E-state index is 12.0. The zero-order chi connectivity index (χ0) is 36.0. The SMILES string of the molecule is CC(=O)O.Cc1cc2c(cc1CC1(C)CCC1)N1C(=NNC(=O)[C@@H]1C)CO2.Cc1cc2c(cc1CC1(C)CNC1)N1C(=NNC(=O)[C@@H]1C)CO2. The van der Waals surface area contributed by atoms with Crippen molar-refractivity contribution in [1.29, 1.82) is 0 Å². The average molecular weight is 688 g/mol. The smallest absolute Gasteiger partial charge is 0.300 e. The van der Waals surface area contributed by atoms with Crippen molar-refractivity contribution >= 4 is 40.8 Å². The zero-order valence-corrected chi connectivity index (χ0v) is 30.1. The Balaban J connectivity index is 0.000000156. The summed E-state index contributed by atoms with van der Waals surface area (Å²) in [7, 11) is 0. The predicted octanol–water partition coefficient (Wildman–Crippen LogP) is 4.03. The number of carbonyl (C=O) groups is 3. The number of aryl methyl sites for hydroxylation is 2. The summed E-state index contributed by atoms with van der Waals surface area (Å²) >= 11 is 0. The Labute approximate surface area is 293 Å². The molecule has 1 aliphatic carbocycles. The number of hydrazone groups is 2. The monoisotopic (exact) mass is 687 g/mol. The molecule has 1 saturated carbocycles. The van der Waals surface area contributed by atoms with Crippen LogP contribution < -0.4 is 35.4 Å². The van der Waals surface area contributed by atoms with Crippen LogP contribution in [0, 0.1) is 24.7 Å². The Kier molecular flexibility index (Phi) is 9.55. The van der Waals surface area contributed by atoms with E-state index < -0.39 is 5.97 Å². The number of rotatable bonds is 4. The van der Waals surface area contributed by atoms with E-state index in [1.54, 1.807) is 0 Å². The number of hydrogen-bond acceptors (Lipinski definition) is 10. The summed E-state index contributed by atoms with van der Waals surface area (Å²) in [5, 5.41) is 19.1. The van der Waals surface area contributed by atoms with Gasteiger partial charge in [0.25, 0.3) is 17.8 Å². The van der Waals surface area contributed by atoms with Crippen LogP contribution in [0.15, 0.2) is 34.5 Å². The van der Waals surface area contributed by atoms with Gasteiger partial charge in [-0.1, -0.05) is 20.3 Å². The first kappa shape index (κ1) is 35.2. The lowest BCUT2D eigenvalue weighted by Crippen LogP contribution is -2.55. The third kappa shape index (κ3) is 7.01. The van der Waals surface area contributed by atoms with Gasteiger partial charge in [-0.3, -0.25) is 14.4 Å². The minimum absolute atomic E-state index is 0.0744. The minimum Gasteiger partial charge on any atom is -0.483 e. The third-order valence-corrected chi connectivity index (χ3v) is 10.6. The number of anilines is 2. The molecule has 2 fully saturated rings. The van der Waals surface area contributed by atoms with Crippen LogP contribution in [-0.4, -0.2) is 72.9 Å². The van der Waals surface area contributed by atoms with Gasteiger partial charge in [0, 0.05) is 20.0 Å². The van der Waals surface area contributed by atoms with Gasteiger partial charge < -0.3 is 29.7 Å². The molecule has 5 aliphatic heterocycles. The predicted molar refractivity (Wildman–Crippen MR) is 192 cm³/mol. The molecule has 2 aromatic rings. The van der Waals surface area contributed by atoms with E-state index in [2.05, 4.69) is 78.3 Å². The summed E-state index contributed by atoms with van der Waals surface area (Å²) in [6.45, 7) is 16.7. The Morgan fingerprint density at radius 1 is 0.820 bits per heavy atom. The van der Waals surface area contributed by atoms with E-state index in [9.17, 15) is 9.59 Å². The standard InChI is InChI=1S/C18H23N3O2.C17H22N4O2.C2H4O2/c1-11-7-15-14(8-13(11)9-18(3)5-4-6-18)21-12(2)17(22)20-19-16(21)10-23-15;1-10-4-14-13(5-12(10)6-17(3)8-18-9-17)21-11(2)16(22)20-19-15(21)7-23-14;1-2(3)4/h7-8,12H,4-6,9-10H2,1-3H3,(H,20,22);4-5,11,18H,6-9H2,1-3H3,(H,20,22);1H3,(H,3,4)/t12-;11-;/m00./s1. The van der Waals surface area contributed by atoms with Crippen LogP contribution in [0.3, 0.4) is 0 Å². The van der Waals surface area contributed by atoms with Crippen molar-refractivity contribution in [3.05, 3.63) is 46.5 Å². The summed E-state index contributed by atoms with van der Waals surface area (Å²) in [5.74, 6) is 2.23. The zero-order valence-electron chi connectivity index (χ0n) is 30.1. The van der Waals surface area contributed by atoms with E-state index in [0.717, 1.165) is 67.4 Å². The van der Waals surface area contributed by atoms with E-state index in [1.165, 1.54) is 41.5 Å². The van der Waals surface area contributed by atoms with Crippen LogP contribution in [0.1, 0.15) is 76.1 Å². The maximum atomic E-state index is 12.0. The maximum Gasteiger partial charge on any atom is 0.300 e. The van der Waals surface area contributed by atoms with Crippen molar-refractivity contribution in [2.45, 2.75) is 92.7 Å². The molecular weight excluding hydrogens is 638 g/mol. The summed E-state index contributed by atoms with van der Waals surface area (Å²) in [5.41, 5.74) is 13.0. The number of amides is 2. The van der Waals surface area contributed by atoms with Gasteiger partial charge >= 0.3 is 0 Å². The summed E-state index contributed by atoms with van der Waals surface area (Å²) < 4.78 is 11.7. The molecule has 2 atom stereocenters. The van der Waals surface area contributed by atoms with Gasteiger partial charge in [-0.2, -0.15) is 10.2 Å².